The van der Waals surface area contributed by atoms with Gasteiger partial charge in [0.1, 0.15) is 0 Å². The molecule has 0 saturated carbocycles. The van der Waals surface area contributed by atoms with Crippen molar-refractivity contribution < 1.29 is 9.90 Å². The predicted molar refractivity (Wildman–Crippen MR) is 84.8 cm³/mol. The number of amides is 1. The molecule has 1 aromatic carbocycles. The van der Waals surface area contributed by atoms with Gasteiger partial charge in [-0.1, -0.05) is 26.0 Å². The van der Waals surface area contributed by atoms with Gasteiger partial charge in [0, 0.05) is 13.2 Å². The van der Waals surface area contributed by atoms with Crippen LogP contribution >= 0.6 is 0 Å². The van der Waals surface area contributed by atoms with E-state index in [1.54, 1.807) is 24.3 Å². The molecule has 118 valence electrons. The molecule has 2 aromatic rings. The SMILES string of the molecule is CC(C)(CO)CCCNC(=O)c1nc2ccccc2c(=O)[nH]1. The quantitative estimate of drug-likeness (QED) is 0.704. The Hall–Kier alpha value is -2.21. The van der Waals surface area contributed by atoms with Crippen LogP contribution in [0.3, 0.4) is 0 Å². The van der Waals surface area contributed by atoms with Gasteiger partial charge in [0.05, 0.1) is 10.9 Å². The van der Waals surface area contributed by atoms with Crippen LogP contribution in [-0.4, -0.2) is 34.1 Å². The zero-order valence-electron chi connectivity index (χ0n) is 12.8. The van der Waals surface area contributed by atoms with E-state index in [9.17, 15) is 14.7 Å². The van der Waals surface area contributed by atoms with Crippen molar-refractivity contribution in [2.75, 3.05) is 13.2 Å². The van der Waals surface area contributed by atoms with Gasteiger partial charge in [-0.05, 0) is 30.4 Å². The highest BCUT2D eigenvalue weighted by molar-refractivity contribution is 5.92. The molecule has 0 saturated heterocycles. The molecule has 0 aliphatic heterocycles. The van der Waals surface area contributed by atoms with Gasteiger partial charge in [-0.25, -0.2) is 4.98 Å². The number of hydrogen-bond acceptors (Lipinski definition) is 4. The molecule has 0 atom stereocenters. The van der Waals surface area contributed by atoms with Crippen LogP contribution in [0.5, 0.6) is 0 Å². The molecule has 3 N–H and O–H groups in total. The molecule has 22 heavy (non-hydrogen) atoms. The highest BCUT2D eigenvalue weighted by Crippen LogP contribution is 2.20. The fraction of sp³-hybridized carbons (Fsp3) is 0.438. The van der Waals surface area contributed by atoms with Crippen LogP contribution in [0.25, 0.3) is 10.9 Å². The van der Waals surface area contributed by atoms with E-state index in [0.717, 1.165) is 12.8 Å². The predicted octanol–water partition coefficient (Wildman–Crippen LogP) is 1.45. The lowest BCUT2D eigenvalue weighted by Gasteiger charge is -2.21. The minimum absolute atomic E-state index is 0.0186. The first-order chi connectivity index (χ1) is 10.4. The van der Waals surface area contributed by atoms with Gasteiger partial charge in [-0.3, -0.25) is 9.59 Å². The minimum Gasteiger partial charge on any atom is -0.396 e. The third kappa shape index (κ3) is 3.92. The molecule has 0 unspecified atom stereocenters. The highest BCUT2D eigenvalue weighted by Gasteiger charge is 2.16. The lowest BCUT2D eigenvalue weighted by atomic mass is 9.89. The Kier molecular flexibility index (Phi) is 4.92. The maximum atomic E-state index is 12.0. The van der Waals surface area contributed by atoms with Crippen molar-refractivity contribution in [3.63, 3.8) is 0 Å². The Bertz CT molecular complexity index is 722. The fourth-order valence-electron chi connectivity index (χ4n) is 2.13. The smallest absolute Gasteiger partial charge is 0.287 e. The summed E-state index contributed by atoms with van der Waals surface area (Å²) in [7, 11) is 0. The number of hydrogen-bond donors (Lipinski definition) is 3. The fourth-order valence-corrected chi connectivity index (χ4v) is 2.13. The van der Waals surface area contributed by atoms with Crippen molar-refractivity contribution in [3.8, 4) is 0 Å². The number of aliphatic hydroxyl groups is 1. The first kappa shape index (κ1) is 16.2. The third-order valence-corrected chi connectivity index (χ3v) is 3.57. The van der Waals surface area contributed by atoms with Crippen molar-refractivity contribution in [2.45, 2.75) is 26.7 Å². The van der Waals surface area contributed by atoms with Crippen LogP contribution in [0, 0.1) is 5.41 Å². The summed E-state index contributed by atoms with van der Waals surface area (Å²) >= 11 is 0. The molecule has 2 rings (SSSR count). The molecule has 0 bridgehead atoms. The van der Waals surface area contributed by atoms with Gasteiger partial charge in [0.25, 0.3) is 11.5 Å². The summed E-state index contributed by atoms with van der Waals surface area (Å²) in [6.07, 6.45) is 1.54. The topological polar surface area (TPSA) is 95.1 Å². The number of fused-ring (bicyclic) bond motifs is 1. The summed E-state index contributed by atoms with van der Waals surface area (Å²) in [5.74, 6) is -0.380. The van der Waals surface area contributed by atoms with E-state index in [4.69, 9.17) is 0 Å². The zero-order valence-corrected chi connectivity index (χ0v) is 12.8. The third-order valence-electron chi connectivity index (χ3n) is 3.57. The molecule has 6 heteroatoms. The number of aromatic amines is 1. The van der Waals surface area contributed by atoms with Gasteiger partial charge in [0.15, 0.2) is 5.82 Å². The molecule has 0 aliphatic rings. The molecule has 0 spiro atoms. The van der Waals surface area contributed by atoms with Crippen LogP contribution in [0.15, 0.2) is 29.1 Å². The van der Waals surface area contributed by atoms with Crippen LogP contribution < -0.4 is 10.9 Å². The van der Waals surface area contributed by atoms with Crippen LogP contribution in [0.4, 0.5) is 0 Å². The van der Waals surface area contributed by atoms with E-state index < -0.39 is 5.91 Å². The number of para-hydroxylation sites is 1. The molecule has 6 nitrogen and oxygen atoms in total. The van der Waals surface area contributed by atoms with Crippen LogP contribution in [-0.2, 0) is 0 Å². The van der Waals surface area contributed by atoms with Gasteiger partial charge >= 0.3 is 0 Å². The number of carbonyl (C=O) groups is 1. The Labute approximate surface area is 128 Å². The first-order valence-electron chi connectivity index (χ1n) is 7.31. The lowest BCUT2D eigenvalue weighted by Crippen LogP contribution is -2.29. The molecule has 0 aliphatic carbocycles. The molecule has 0 radical (unpaired) electrons. The first-order valence-corrected chi connectivity index (χ1v) is 7.31. The van der Waals surface area contributed by atoms with Gasteiger partial charge in [0.2, 0.25) is 0 Å². The number of nitrogens with one attached hydrogen (secondary N) is 2. The molecule has 1 amide bonds. The van der Waals surface area contributed by atoms with Crippen molar-refractivity contribution in [2.24, 2.45) is 5.41 Å². The maximum absolute atomic E-state index is 12.0. The largest absolute Gasteiger partial charge is 0.396 e. The number of carbonyl (C=O) groups excluding carboxylic acids is 1. The Morgan fingerprint density at radius 3 is 2.82 bits per heavy atom. The molecule has 1 heterocycles. The Balaban J connectivity index is 2.00. The number of rotatable bonds is 6. The molecule has 0 fully saturated rings. The second-order valence-electron chi connectivity index (χ2n) is 6.11. The molecule has 1 aromatic heterocycles. The highest BCUT2D eigenvalue weighted by atomic mass is 16.3. The van der Waals surface area contributed by atoms with Crippen molar-refractivity contribution >= 4 is 16.8 Å². The van der Waals surface area contributed by atoms with Crippen LogP contribution in [0.1, 0.15) is 37.3 Å². The Morgan fingerprint density at radius 2 is 2.09 bits per heavy atom. The monoisotopic (exact) mass is 303 g/mol. The molecular formula is C16H21N3O3. The lowest BCUT2D eigenvalue weighted by molar-refractivity contribution is 0.0938. The zero-order chi connectivity index (χ0) is 16.2. The number of aromatic nitrogens is 2. The summed E-state index contributed by atoms with van der Waals surface area (Å²) in [5, 5.41) is 12.4. The summed E-state index contributed by atoms with van der Waals surface area (Å²) in [6.45, 7) is 4.52. The van der Waals surface area contributed by atoms with E-state index in [-0.39, 0.29) is 23.4 Å². The number of H-pyrrole nitrogens is 1. The molecular weight excluding hydrogens is 282 g/mol. The van der Waals surface area contributed by atoms with Crippen LogP contribution in [0.2, 0.25) is 0 Å². The van der Waals surface area contributed by atoms with E-state index >= 15 is 0 Å². The summed E-state index contributed by atoms with van der Waals surface area (Å²) < 4.78 is 0. The van der Waals surface area contributed by atoms with Gasteiger partial charge in [-0.15, -0.1) is 0 Å². The van der Waals surface area contributed by atoms with Crippen molar-refractivity contribution in [1.29, 1.82) is 0 Å². The van der Waals surface area contributed by atoms with E-state index in [1.807, 2.05) is 13.8 Å². The van der Waals surface area contributed by atoms with E-state index in [1.165, 1.54) is 0 Å². The summed E-state index contributed by atoms with van der Waals surface area (Å²) in [4.78, 5) is 30.6. The van der Waals surface area contributed by atoms with E-state index in [2.05, 4.69) is 15.3 Å². The number of benzene rings is 1. The average molecular weight is 303 g/mol. The second kappa shape index (κ2) is 6.70. The second-order valence-corrected chi connectivity index (χ2v) is 6.11. The minimum atomic E-state index is -0.398. The summed E-state index contributed by atoms with van der Waals surface area (Å²) in [5.41, 5.74) is 0.0234. The normalized spacial score (nSPS) is 11.6. The number of nitrogens with zero attached hydrogens (tertiary/aromatic N) is 1. The Morgan fingerprint density at radius 1 is 1.36 bits per heavy atom. The van der Waals surface area contributed by atoms with Gasteiger partial charge in [-0.2, -0.15) is 0 Å². The van der Waals surface area contributed by atoms with Crippen molar-refractivity contribution in [3.05, 3.63) is 40.4 Å². The average Bonchev–Trinajstić information content (AvgIpc) is 2.51. The number of aliphatic hydroxyl groups excluding tert-OH is 1. The van der Waals surface area contributed by atoms with Crippen molar-refractivity contribution in [1.82, 2.24) is 15.3 Å². The standard InChI is InChI=1S/C16H21N3O3/c1-16(2,10-20)8-5-9-17-15(22)13-18-12-7-4-3-6-11(12)14(21)19-13/h3-4,6-7,20H,5,8-10H2,1-2H3,(H,17,22)(H,18,19,21). The maximum Gasteiger partial charge on any atom is 0.287 e. The van der Waals surface area contributed by atoms with Gasteiger partial charge < -0.3 is 15.4 Å². The summed E-state index contributed by atoms with van der Waals surface area (Å²) in [6, 6.07) is 6.89. The van der Waals surface area contributed by atoms with E-state index in [0.29, 0.717) is 17.4 Å².